The Balaban J connectivity index is 1.85. The molecular formula is C14H12N2OS. The normalized spacial score (nSPS) is 9.72. The van der Waals surface area contributed by atoms with Crippen molar-refractivity contribution in [3.05, 3.63) is 52.2 Å². The van der Waals surface area contributed by atoms with Gasteiger partial charge in [0, 0.05) is 17.0 Å². The minimum absolute atomic E-state index is 0.00638. The zero-order valence-corrected chi connectivity index (χ0v) is 10.5. The molecule has 4 heteroatoms. The number of rotatable bonds is 4. The number of thiophene rings is 1. The number of carbonyl (C=O) groups is 1. The van der Waals surface area contributed by atoms with Crippen molar-refractivity contribution in [3.63, 3.8) is 0 Å². The van der Waals surface area contributed by atoms with Crippen LogP contribution in [0.25, 0.3) is 0 Å². The van der Waals surface area contributed by atoms with Crippen molar-refractivity contribution in [1.82, 2.24) is 0 Å². The van der Waals surface area contributed by atoms with Gasteiger partial charge in [0.15, 0.2) is 0 Å². The Morgan fingerprint density at radius 2 is 2.06 bits per heavy atom. The fraction of sp³-hybridized carbons (Fsp3) is 0.143. The second-order valence-corrected chi connectivity index (χ2v) is 4.85. The molecule has 90 valence electrons. The molecule has 0 saturated heterocycles. The highest BCUT2D eigenvalue weighted by atomic mass is 32.1. The average Bonchev–Trinajstić information content (AvgIpc) is 2.90. The summed E-state index contributed by atoms with van der Waals surface area (Å²) in [6, 6.07) is 12.9. The molecule has 18 heavy (non-hydrogen) atoms. The topological polar surface area (TPSA) is 52.9 Å². The van der Waals surface area contributed by atoms with Crippen LogP contribution in [0.2, 0.25) is 0 Å². The maximum atomic E-state index is 11.7. The number of anilines is 1. The van der Waals surface area contributed by atoms with Crippen LogP contribution in [0.3, 0.4) is 0 Å². The molecular weight excluding hydrogens is 244 g/mol. The van der Waals surface area contributed by atoms with Gasteiger partial charge in [0.25, 0.3) is 0 Å². The van der Waals surface area contributed by atoms with Gasteiger partial charge in [0.05, 0.1) is 11.6 Å². The minimum atomic E-state index is -0.00638. The number of carbonyl (C=O) groups excluding carboxylic acids is 1. The van der Waals surface area contributed by atoms with E-state index in [0.717, 1.165) is 12.1 Å². The minimum Gasteiger partial charge on any atom is -0.326 e. The molecule has 0 fully saturated rings. The number of hydrogen-bond acceptors (Lipinski definition) is 3. The number of nitriles is 1. The van der Waals surface area contributed by atoms with E-state index < -0.39 is 0 Å². The van der Waals surface area contributed by atoms with E-state index >= 15 is 0 Å². The lowest BCUT2D eigenvalue weighted by atomic mass is 10.2. The summed E-state index contributed by atoms with van der Waals surface area (Å²) in [7, 11) is 0. The molecule has 2 aromatic rings. The summed E-state index contributed by atoms with van der Waals surface area (Å²) in [6.07, 6.45) is 1.24. The molecule has 1 amide bonds. The maximum Gasteiger partial charge on any atom is 0.224 e. The lowest BCUT2D eigenvalue weighted by Gasteiger charge is -2.04. The van der Waals surface area contributed by atoms with Crippen LogP contribution in [0.1, 0.15) is 16.9 Å². The van der Waals surface area contributed by atoms with Gasteiger partial charge in [-0.1, -0.05) is 6.07 Å². The molecule has 1 aromatic carbocycles. The first-order valence-electron chi connectivity index (χ1n) is 5.60. The SMILES string of the molecule is N#Cc1ccc(NC(=O)CCc2cccs2)cc1. The standard InChI is InChI=1S/C14H12N2OS/c15-10-11-3-5-12(6-4-11)16-14(17)8-7-13-2-1-9-18-13/h1-6,9H,7-8H2,(H,16,17). The molecule has 1 N–H and O–H groups in total. The second kappa shape index (κ2) is 5.99. The Kier molecular flexibility index (Phi) is 4.11. The molecule has 0 unspecified atom stereocenters. The van der Waals surface area contributed by atoms with Crippen molar-refractivity contribution in [2.45, 2.75) is 12.8 Å². The first-order chi connectivity index (χ1) is 8.78. The predicted molar refractivity (Wildman–Crippen MR) is 72.4 cm³/mol. The molecule has 0 aliphatic heterocycles. The van der Waals surface area contributed by atoms with E-state index in [1.165, 1.54) is 4.88 Å². The van der Waals surface area contributed by atoms with Crippen LogP contribution in [-0.4, -0.2) is 5.91 Å². The van der Waals surface area contributed by atoms with Crippen molar-refractivity contribution in [2.24, 2.45) is 0 Å². The van der Waals surface area contributed by atoms with E-state index in [2.05, 4.69) is 5.32 Å². The number of nitrogens with one attached hydrogen (secondary N) is 1. The zero-order valence-electron chi connectivity index (χ0n) is 9.72. The molecule has 0 bridgehead atoms. The summed E-state index contributed by atoms with van der Waals surface area (Å²) in [5.41, 5.74) is 1.32. The van der Waals surface area contributed by atoms with Gasteiger partial charge in [-0.25, -0.2) is 0 Å². The molecule has 0 aliphatic carbocycles. The van der Waals surface area contributed by atoms with E-state index in [-0.39, 0.29) is 5.91 Å². The highest BCUT2D eigenvalue weighted by Gasteiger charge is 2.03. The van der Waals surface area contributed by atoms with E-state index in [4.69, 9.17) is 5.26 Å². The second-order valence-electron chi connectivity index (χ2n) is 3.82. The number of hydrogen-bond donors (Lipinski definition) is 1. The first kappa shape index (κ1) is 12.3. The van der Waals surface area contributed by atoms with E-state index in [1.807, 2.05) is 23.6 Å². The fourth-order valence-corrected chi connectivity index (χ4v) is 2.25. The van der Waals surface area contributed by atoms with Crippen molar-refractivity contribution < 1.29 is 4.79 Å². The Hall–Kier alpha value is -2.12. The van der Waals surface area contributed by atoms with E-state index in [1.54, 1.807) is 35.6 Å². The summed E-state index contributed by atoms with van der Waals surface area (Å²) in [5, 5.41) is 13.5. The largest absolute Gasteiger partial charge is 0.326 e. The Morgan fingerprint density at radius 1 is 1.28 bits per heavy atom. The summed E-state index contributed by atoms with van der Waals surface area (Å²) in [5.74, 6) is -0.00638. The molecule has 1 heterocycles. The molecule has 0 radical (unpaired) electrons. The third kappa shape index (κ3) is 3.44. The summed E-state index contributed by atoms with van der Waals surface area (Å²) in [4.78, 5) is 12.9. The molecule has 0 aliphatic rings. The van der Waals surface area contributed by atoms with Gasteiger partial charge < -0.3 is 5.32 Å². The Labute approximate surface area is 110 Å². The van der Waals surface area contributed by atoms with Crippen LogP contribution in [-0.2, 0) is 11.2 Å². The molecule has 2 rings (SSSR count). The van der Waals surface area contributed by atoms with Gasteiger partial charge in [-0.2, -0.15) is 5.26 Å². The maximum absolute atomic E-state index is 11.7. The van der Waals surface area contributed by atoms with Gasteiger partial charge in [0.1, 0.15) is 0 Å². The van der Waals surface area contributed by atoms with Crippen LogP contribution in [0.15, 0.2) is 41.8 Å². The van der Waals surface area contributed by atoms with Crippen LogP contribution in [0, 0.1) is 11.3 Å². The quantitative estimate of drug-likeness (QED) is 0.913. The van der Waals surface area contributed by atoms with Crippen LogP contribution < -0.4 is 5.32 Å². The van der Waals surface area contributed by atoms with Crippen molar-refractivity contribution in [1.29, 1.82) is 5.26 Å². The first-order valence-corrected chi connectivity index (χ1v) is 6.48. The number of amides is 1. The van der Waals surface area contributed by atoms with Gasteiger partial charge in [-0.3, -0.25) is 4.79 Å². The highest BCUT2D eigenvalue weighted by Crippen LogP contribution is 2.13. The molecule has 0 spiro atoms. The van der Waals surface area contributed by atoms with Gasteiger partial charge in [-0.15, -0.1) is 11.3 Å². The number of benzene rings is 1. The van der Waals surface area contributed by atoms with Crippen LogP contribution in [0.5, 0.6) is 0 Å². The van der Waals surface area contributed by atoms with Gasteiger partial charge in [0.2, 0.25) is 5.91 Å². The number of aryl methyl sites for hydroxylation is 1. The molecule has 3 nitrogen and oxygen atoms in total. The van der Waals surface area contributed by atoms with Gasteiger partial charge >= 0.3 is 0 Å². The third-order valence-corrected chi connectivity index (χ3v) is 3.41. The monoisotopic (exact) mass is 256 g/mol. The average molecular weight is 256 g/mol. The third-order valence-electron chi connectivity index (χ3n) is 2.48. The summed E-state index contributed by atoms with van der Waals surface area (Å²) >= 11 is 1.66. The van der Waals surface area contributed by atoms with Crippen LogP contribution >= 0.6 is 11.3 Å². The highest BCUT2D eigenvalue weighted by molar-refractivity contribution is 7.09. The van der Waals surface area contributed by atoms with Crippen molar-refractivity contribution in [3.8, 4) is 6.07 Å². The smallest absolute Gasteiger partial charge is 0.224 e. The lowest BCUT2D eigenvalue weighted by molar-refractivity contribution is -0.116. The summed E-state index contributed by atoms with van der Waals surface area (Å²) < 4.78 is 0. The zero-order chi connectivity index (χ0) is 12.8. The van der Waals surface area contributed by atoms with E-state index in [9.17, 15) is 4.79 Å². The molecule has 1 aromatic heterocycles. The fourth-order valence-electron chi connectivity index (χ4n) is 1.54. The predicted octanol–water partition coefficient (Wildman–Crippen LogP) is 3.19. The number of nitrogens with zero attached hydrogens (tertiary/aromatic N) is 1. The summed E-state index contributed by atoms with van der Waals surface area (Å²) in [6.45, 7) is 0. The molecule has 0 saturated carbocycles. The Bertz CT molecular complexity index is 552. The van der Waals surface area contributed by atoms with Crippen molar-refractivity contribution in [2.75, 3.05) is 5.32 Å². The van der Waals surface area contributed by atoms with Crippen LogP contribution in [0.4, 0.5) is 5.69 Å². The Morgan fingerprint density at radius 3 is 2.67 bits per heavy atom. The molecule has 0 atom stereocenters. The lowest BCUT2D eigenvalue weighted by Crippen LogP contribution is -2.11. The van der Waals surface area contributed by atoms with Gasteiger partial charge in [-0.05, 0) is 42.1 Å². The van der Waals surface area contributed by atoms with Crippen molar-refractivity contribution >= 4 is 22.9 Å². The van der Waals surface area contributed by atoms with E-state index in [0.29, 0.717) is 12.0 Å².